The van der Waals surface area contributed by atoms with Crippen molar-refractivity contribution >= 4 is 15.8 Å². The van der Waals surface area contributed by atoms with E-state index in [0.717, 1.165) is 11.0 Å². The molecule has 0 aliphatic heterocycles. The number of unbranched alkanes of at least 4 members (excludes halogenated alkanes) is 1. The molecule has 3 N–H and O–H groups in total. The zero-order valence-electron chi connectivity index (χ0n) is 11.1. The Bertz CT molecular complexity index is 687. The number of sulfonamides is 1. The van der Waals surface area contributed by atoms with Gasteiger partial charge in [-0.2, -0.15) is 0 Å². The van der Waals surface area contributed by atoms with Crippen LogP contribution in [-0.4, -0.2) is 24.1 Å². The van der Waals surface area contributed by atoms with Gasteiger partial charge in [-0.25, -0.2) is 17.9 Å². The third kappa shape index (κ3) is 2.87. The Morgan fingerprint density at radius 1 is 1.21 bits per heavy atom. The average Bonchev–Trinajstić information content (AvgIpc) is 2.34. The molecule has 8 nitrogen and oxygen atoms in total. The van der Waals surface area contributed by atoms with E-state index in [9.17, 15) is 18.0 Å². The van der Waals surface area contributed by atoms with Crippen molar-refractivity contribution in [1.82, 2.24) is 13.9 Å². The van der Waals surface area contributed by atoms with Crippen molar-refractivity contribution in [2.75, 3.05) is 12.3 Å². The highest BCUT2D eigenvalue weighted by molar-refractivity contribution is 7.89. The highest BCUT2D eigenvalue weighted by Crippen LogP contribution is 2.10. The van der Waals surface area contributed by atoms with Crippen molar-refractivity contribution in [3.63, 3.8) is 0 Å². The van der Waals surface area contributed by atoms with Gasteiger partial charge in [-0.3, -0.25) is 13.9 Å². The van der Waals surface area contributed by atoms with Crippen LogP contribution in [0.15, 0.2) is 14.5 Å². The fraction of sp³-hybridized carbons (Fsp3) is 0.600. The predicted molar refractivity (Wildman–Crippen MR) is 71.4 cm³/mol. The molecule has 0 spiro atoms. The number of rotatable bonds is 5. The number of hydrogen-bond acceptors (Lipinski definition) is 5. The van der Waals surface area contributed by atoms with E-state index in [-0.39, 0.29) is 12.4 Å². The summed E-state index contributed by atoms with van der Waals surface area (Å²) in [6, 6.07) is 0. The molecule has 1 heterocycles. The van der Waals surface area contributed by atoms with Crippen LogP contribution in [0, 0.1) is 0 Å². The maximum absolute atomic E-state index is 12.0. The molecular formula is C10H18N4O4S. The molecule has 0 saturated carbocycles. The van der Waals surface area contributed by atoms with Crippen LogP contribution in [0.2, 0.25) is 0 Å². The number of nitrogens with two attached hydrogens (primary N) is 1. The van der Waals surface area contributed by atoms with Crippen LogP contribution in [0.3, 0.4) is 0 Å². The van der Waals surface area contributed by atoms with Crippen LogP contribution in [0.4, 0.5) is 5.82 Å². The smallest absolute Gasteiger partial charge is 0.332 e. The van der Waals surface area contributed by atoms with E-state index in [1.807, 2.05) is 6.92 Å². The highest BCUT2D eigenvalue weighted by atomic mass is 32.2. The number of hydrogen-bond donors (Lipinski definition) is 2. The van der Waals surface area contributed by atoms with Crippen LogP contribution in [0.25, 0.3) is 0 Å². The van der Waals surface area contributed by atoms with Gasteiger partial charge in [-0.1, -0.05) is 13.3 Å². The average molecular weight is 290 g/mol. The first-order valence-corrected chi connectivity index (χ1v) is 7.27. The van der Waals surface area contributed by atoms with Gasteiger partial charge in [0.1, 0.15) is 5.82 Å². The first-order chi connectivity index (χ1) is 8.74. The molecule has 0 amide bonds. The number of anilines is 1. The summed E-state index contributed by atoms with van der Waals surface area (Å²) in [5.74, 6) is -0.364. The standard InChI is InChI=1S/C10H18N4O4S/c1-4-5-6-12-19(17,18)7-8(11)13(2)10(16)14(3)9(7)15/h12H,4-6,11H2,1-3H3. The lowest BCUT2D eigenvalue weighted by Crippen LogP contribution is -2.43. The number of aromatic nitrogens is 2. The van der Waals surface area contributed by atoms with Crippen molar-refractivity contribution in [3.05, 3.63) is 20.8 Å². The molecule has 0 saturated heterocycles. The zero-order chi connectivity index (χ0) is 14.8. The minimum Gasteiger partial charge on any atom is -0.384 e. The molecule has 0 radical (unpaired) electrons. The van der Waals surface area contributed by atoms with Crippen molar-refractivity contribution in [2.24, 2.45) is 14.1 Å². The van der Waals surface area contributed by atoms with Crippen molar-refractivity contribution in [3.8, 4) is 0 Å². The van der Waals surface area contributed by atoms with Crippen LogP contribution in [0.5, 0.6) is 0 Å². The minimum atomic E-state index is -4.02. The lowest BCUT2D eigenvalue weighted by atomic mass is 10.3. The van der Waals surface area contributed by atoms with E-state index in [1.165, 1.54) is 14.1 Å². The van der Waals surface area contributed by atoms with E-state index >= 15 is 0 Å². The van der Waals surface area contributed by atoms with E-state index in [1.54, 1.807) is 0 Å². The van der Waals surface area contributed by atoms with Gasteiger partial charge >= 0.3 is 5.69 Å². The first-order valence-electron chi connectivity index (χ1n) is 5.79. The fourth-order valence-electron chi connectivity index (χ4n) is 1.54. The van der Waals surface area contributed by atoms with E-state index in [0.29, 0.717) is 11.0 Å². The molecule has 0 aromatic carbocycles. The molecule has 0 aliphatic rings. The van der Waals surface area contributed by atoms with E-state index in [4.69, 9.17) is 5.73 Å². The summed E-state index contributed by atoms with van der Waals surface area (Å²) in [6.07, 6.45) is 1.45. The molecule has 1 rings (SSSR count). The lowest BCUT2D eigenvalue weighted by Gasteiger charge is -2.12. The molecule has 0 fully saturated rings. The van der Waals surface area contributed by atoms with Gasteiger partial charge in [-0.15, -0.1) is 0 Å². The summed E-state index contributed by atoms with van der Waals surface area (Å²) in [5.41, 5.74) is 3.98. The lowest BCUT2D eigenvalue weighted by molar-refractivity contribution is 0.570. The fourth-order valence-corrected chi connectivity index (χ4v) is 2.87. The molecule has 0 atom stereocenters. The number of nitrogens with one attached hydrogen (secondary N) is 1. The normalized spacial score (nSPS) is 11.7. The van der Waals surface area contributed by atoms with Crippen LogP contribution >= 0.6 is 0 Å². The summed E-state index contributed by atoms with van der Waals surface area (Å²) >= 11 is 0. The number of nitrogen functional groups attached to an aromatic ring is 1. The second kappa shape index (κ2) is 5.57. The quantitative estimate of drug-likeness (QED) is 0.657. The van der Waals surface area contributed by atoms with Crippen LogP contribution in [0.1, 0.15) is 19.8 Å². The Balaban J connectivity index is 3.44. The van der Waals surface area contributed by atoms with Gasteiger partial charge in [0.2, 0.25) is 10.0 Å². The maximum atomic E-state index is 12.0. The SMILES string of the molecule is CCCCNS(=O)(=O)c1c(N)n(C)c(=O)n(C)c1=O. The molecule has 108 valence electrons. The molecule has 1 aromatic heterocycles. The first kappa shape index (κ1) is 15.4. The van der Waals surface area contributed by atoms with Gasteiger partial charge in [0.25, 0.3) is 5.56 Å². The van der Waals surface area contributed by atoms with Gasteiger partial charge in [0, 0.05) is 20.6 Å². The minimum absolute atomic E-state index is 0.213. The summed E-state index contributed by atoms with van der Waals surface area (Å²) in [4.78, 5) is 22.9. The molecule has 9 heteroatoms. The summed E-state index contributed by atoms with van der Waals surface area (Å²) in [5, 5.41) is 0. The van der Waals surface area contributed by atoms with Crippen LogP contribution < -0.4 is 21.7 Å². The Kier molecular flexibility index (Phi) is 4.53. The summed E-state index contributed by atoms with van der Waals surface area (Å²) in [6.45, 7) is 2.12. The van der Waals surface area contributed by atoms with Crippen molar-refractivity contribution in [2.45, 2.75) is 24.7 Å². The highest BCUT2D eigenvalue weighted by Gasteiger charge is 2.25. The Labute approximate surface area is 110 Å². The second-order valence-electron chi connectivity index (χ2n) is 4.17. The van der Waals surface area contributed by atoms with Gasteiger partial charge in [0.15, 0.2) is 4.90 Å². The Morgan fingerprint density at radius 3 is 2.32 bits per heavy atom. The summed E-state index contributed by atoms with van der Waals surface area (Å²) in [7, 11) is -1.51. The Morgan fingerprint density at radius 2 is 1.79 bits per heavy atom. The topological polar surface area (TPSA) is 116 Å². The van der Waals surface area contributed by atoms with E-state index < -0.39 is 26.2 Å². The van der Waals surface area contributed by atoms with Gasteiger partial charge in [-0.05, 0) is 6.42 Å². The molecule has 19 heavy (non-hydrogen) atoms. The maximum Gasteiger partial charge on any atom is 0.332 e. The molecule has 0 aliphatic carbocycles. The zero-order valence-corrected chi connectivity index (χ0v) is 12.0. The second-order valence-corrected chi connectivity index (χ2v) is 5.88. The largest absolute Gasteiger partial charge is 0.384 e. The molecule has 0 unspecified atom stereocenters. The monoisotopic (exact) mass is 290 g/mol. The molecule has 1 aromatic rings. The van der Waals surface area contributed by atoms with E-state index in [2.05, 4.69) is 4.72 Å². The molecular weight excluding hydrogens is 272 g/mol. The van der Waals surface area contributed by atoms with Gasteiger partial charge in [0.05, 0.1) is 0 Å². The van der Waals surface area contributed by atoms with Gasteiger partial charge < -0.3 is 5.73 Å². The predicted octanol–water partition coefficient (Wildman–Crippen LogP) is -1.26. The molecule has 0 bridgehead atoms. The summed E-state index contributed by atoms with van der Waals surface area (Å²) < 4.78 is 28.0. The van der Waals surface area contributed by atoms with Crippen molar-refractivity contribution in [1.29, 1.82) is 0 Å². The third-order valence-corrected chi connectivity index (χ3v) is 4.26. The van der Waals surface area contributed by atoms with Crippen molar-refractivity contribution < 1.29 is 8.42 Å². The Hall–Kier alpha value is -1.61. The van der Waals surface area contributed by atoms with Crippen LogP contribution in [-0.2, 0) is 24.1 Å². The third-order valence-electron chi connectivity index (χ3n) is 2.76. The number of nitrogens with zero attached hydrogens (tertiary/aromatic N) is 2.